The number of aromatic amines is 1. The number of aromatic nitrogens is 2. The van der Waals surface area contributed by atoms with Gasteiger partial charge in [0, 0.05) is 25.8 Å². The Morgan fingerprint density at radius 1 is 1.41 bits per heavy atom. The molecule has 0 radical (unpaired) electrons. The summed E-state index contributed by atoms with van der Waals surface area (Å²) in [6.45, 7) is 1.61. The molecule has 2 heterocycles. The Balaban J connectivity index is 1.54. The van der Waals surface area contributed by atoms with E-state index in [2.05, 4.69) is 15.5 Å². The maximum atomic E-state index is 12.0. The van der Waals surface area contributed by atoms with Gasteiger partial charge in [0.2, 0.25) is 0 Å². The van der Waals surface area contributed by atoms with Crippen LogP contribution in [-0.4, -0.2) is 68.6 Å². The van der Waals surface area contributed by atoms with Crippen molar-refractivity contribution >= 4 is 5.91 Å². The molecule has 4 N–H and O–H groups in total. The third-order valence-corrected chi connectivity index (χ3v) is 4.73. The molecule has 0 aromatic carbocycles. The van der Waals surface area contributed by atoms with Gasteiger partial charge in [0.15, 0.2) is 0 Å². The van der Waals surface area contributed by atoms with Crippen LogP contribution in [0.2, 0.25) is 0 Å². The first-order valence-electron chi connectivity index (χ1n) is 7.99. The molecular weight excluding hydrogens is 284 g/mol. The lowest BCUT2D eigenvalue weighted by molar-refractivity contribution is -0.0233. The maximum absolute atomic E-state index is 12.0. The van der Waals surface area contributed by atoms with Gasteiger partial charge in [0.25, 0.3) is 5.91 Å². The maximum Gasteiger partial charge on any atom is 0.269 e. The van der Waals surface area contributed by atoms with Crippen LogP contribution in [0.4, 0.5) is 0 Å². The summed E-state index contributed by atoms with van der Waals surface area (Å²) in [6, 6.07) is 1.28. The topological polar surface area (TPSA) is 101 Å². The molecule has 1 aromatic rings. The van der Waals surface area contributed by atoms with Crippen molar-refractivity contribution in [3.05, 3.63) is 18.0 Å². The average molecular weight is 308 g/mol. The Bertz CT molecular complexity index is 499. The molecule has 1 saturated carbocycles. The van der Waals surface area contributed by atoms with Crippen LogP contribution < -0.4 is 5.32 Å². The standard InChI is InChI=1S/C15H24N4O3/c20-13-9-19(10-15(22)5-2-1-3-6-15)8-12(13)17-14(21)11-4-7-16-18-11/h4,7,12-13,20,22H,1-3,5-6,8-10H2,(H,16,18)(H,17,21)/t12-,13-/m1/s1. The molecule has 1 saturated heterocycles. The summed E-state index contributed by atoms with van der Waals surface area (Å²) < 4.78 is 0. The van der Waals surface area contributed by atoms with Crippen LogP contribution in [0, 0.1) is 0 Å². The Kier molecular flexibility index (Phi) is 4.46. The number of rotatable bonds is 4. The summed E-state index contributed by atoms with van der Waals surface area (Å²) in [6.07, 6.45) is 5.87. The van der Waals surface area contributed by atoms with E-state index in [1.807, 2.05) is 4.90 Å². The molecule has 7 nitrogen and oxygen atoms in total. The summed E-state index contributed by atoms with van der Waals surface area (Å²) in [7, 11) is 0. The van der Waals surface area contributed by atoms with Crippen LogP contribution in [0.25, 0.3) is 0 Å². The highest BCUT2D eigenvalue weighted by molar-refractivity contribution is 5.92. The normalized spacial score (nSPS) is 28.6. The van der Waals surface area contributed by atoms with Crippen LogP contribution in [0.15, 0.2) is 12.3 Å². The monoisotopic (exact) mass is 308 g/mol. The fraction of sp³-hybridized carbons (Fsp3) is 0.733. The Morgan fingerprint density at radius 3 is 2.86 bits per heavy atom. The minimum atomic E-state index is -0.639. The first-order valence-corrected chi connectivity index (χ1v) is 7.99. The molecule has 7 heteroatoms. The fourth-order valence-electron chi connectivity index (χ4n) is 3.55. The van der Waals surface area contributed by atoms with Gasteiger partial charge in [-0.1, -0.05) is 19.3 Å². The van der Waals surface area contributed by atoms with Crippen molar-refractivity contribution in [1.82, 2.24) is 20.4 Å². The smallest absolute Gasteiger partial charge is 0.269 e. The van der Waals surface area contributed by atoms with E-state index in [9.17, 15) is 15.0 Å². The van der Waals surface area contributed by atoms with Gasteiger partial charge in [-0.05, 0) is 18.9 Å². The minimum Gasteiger partial charge on any atom is -0.390 e. The zero-order valence-corrected chi connectivity index (χ0v) is 12.7. The van der Waals surface area contributed by atoms with Crippen LogP contribution in [0.3, 0.4) is 0 Å². The highest BCUT2D eigenvalue weighted by Crippen LogP contribution is 2.29. The number of amides is 1. The SMILES string of the molecule is O=C(N[C@@H]1CN(CC2(O)CCCCC2)C[C@H]1O)c1ccn[nH]1. The van der Waals surface area contributed by atoms with Crippen molar-refractivity contribution in [2.24, 2.45) is 0 Å². The Hall–Kier alpha value is -1.44. The second-order valence-electron chi connectivity index (χ2n) is 6.60. The number of nitrogens with one attached hydrogen (secondary N) is 2. The third kappa shape index (κ3) is 3.48. The van der Waals surface area contributed by atoms with Crippen molar-refractivity contribution in [1.29, 1.82) is 0 Å². The number of nitrogens with zero attached hydrogens (tertiary/aromatic N) is 2. The lowest BCUT2D eigenvalue weighted by Gasteiger charge is -2.35. The van der Waals surface area contributed by atoms with E-state index in [4.69, 9.17) is 0 Å². The van der Waals surface area contributed by atoms with E-state index in [1.165, 1.54) is 12.6 Å². The summed E-state index contributed by atoms with van der Waals surface area (Å²) in [5.41, 5.74) is -0.253. The largest absolute Gasteiger partial charge is 0.390 e. The summed E-state index contributed by atoms with van der Waals surface area (Å²) in [5, 5.41) is 30.0. The second kappa shape index (κ2) is 6.36. The number of carbonyl (C=O) groups excluding carboxylic acids is 1. The molecule has 122 valence electrons. The molecule has 2 fully saturated rings. The van der Waals surface area contributed by atoms with Gasteiger partial charge in [-0.3, -0.25) is 14.8 Å². The zero-order chi connectivity index (χ0) is 15.6. The van der Waals surface area contributed by atoms with Crippen LogP contribution in [-0.2, 0) is 0 Å². The number of hydrogen-bond donors (Lipinski definition) is 4. The molecule has 3 rings (SSSR count). The number of aliphatic hydroxyl groups excluding tert-OH is 1. The lowest BCUT2D eigenvalue weighted by atomic mass is 9.84. The zero-order valence-electron chi connectivity index (χ0n) is 12.7. The van der Waals surface area contributed by atoms with Crippen LogP contribution >= 0.6 is 0 Å². The van der Waals surface area contributed by atoms with E-state index in [0.717, 1.165) is 25.7 Å². The number of hydrogen-bond acceptors (Lipinski definition) is 5. The Morgan fingerprint density at radius 2 is 2.18 bits per heavy atom. The molecule has 22 heavy (non-hydrogen) atoms. The fourth-order valence-corrected chi connectivity index (χ4v) is 3.55. The number of carbonyl (C=O) groups is 1. The molecular formula is C15H24N4O3. The van der Waals surface area contributed by atoms with Crippen LogP contribution in [0.1, 0.15) is 42.6 Å². The molecule has 1 aliphatic carbocycles. The average Bonchev–Trinajstić information content (AvgIpc) is 3.10. The van der Waals surface area contributed by atoms with E-state index >= 15 is 0 Å². The quantitative estimate of drug-likeness (QED) is 0.621. The Labute approximate surface area is 129 Å². The molecule has 0 bridgehead atoms. The lowest BCUT2D eigenvalue weighted by Crippen LogP contribution is -2.45. The molecule has 1 aromatic heterocycles. The second-order valence-corrected chi connectivity index (χ2v) is 6.60. The van der Waals surface area contributed by atoms with Crippen molar-refractivity contribution in [3.63, 3.8) is 0 Å². The van der Waals surface area contributed by atoms with Crippen LogP contribution in [0.5, 0.6) is 0 Å². The van der Waals surface area contributed by atoms with Gasteiger partial charge in [0.05, 0.1) is 17.7 Å². The van der Waals surface area contributed by atoms with Crippen molar-refractivity contribution in [2.45, 2.75) is 49.9 Å². The number of likely N-dealkylation sites (tertiary alicyclic amines) is 1. The first kappa shape index (κ1) is 15.5. The first-order chi connectivity index (χ1) is 10.6. The van der Waals surface area contributed by atoms with E-state index in [-0.39, 0.29) is 11.9 Å². The molecule has 1 aliphatic heterocycles. The number of β-amino-alcohol motifs (C(OH)–C–C–N with tert-alkyl or cyclic N) is 2. The molecule has 2 atom stereocenters. The summed E-state index contributed by atoms with van der Waals surface area (Å²) in [5.74, 6) is -0.264. The molecule has 0 spiro atoms. The van der Waals surface area contributed by atoms with Gasteiger partial charge in [-0.15, -0.1) is 0 Å². The summed E-state index contributed by atoms with van der Waals surface area (Å²) in [4.78, 5) is 14.1. The molecule has 2 aliphatic rings. The van der Waals surface area contributed by atoms with Gasteiger partial charge in [-0.25, -0.2) is 0 Å². The van der Waals surface area contributed by atoms with Crippen molar-refractivity contribution < 1.29 is 15.0 Å². The number of H-pyrrole nitrogens is 1. The van der Waals surface area contributed by atoms with Gasteiger partial charge in [0.1, 0.15) is 5.69 Å². The molecule has 0 unspecified atom stereocenters. The highest BCUT2D eigenvalue weighted by Gasteiger charge is 2.38. The van der Waals surface area contributed by atoms with Gasteiger partial charge < -0.3 is 15.5 Å². The van der Waals surface area contributed by atoms with E-state index in [1.54, 1.807) is 6.07 Å². The predicted molar refractivity (Wildman–Crippen MR) is 80.3 cm³/mol. The molecule has 1 amide bonds. The highest BCUT2D eigenvalue weighted by atomic mass is 16.3. The van der Waals surface area contributed by atoms with E-state index < -0.39 is 11.7 Å². The van der Waals surface area contributed by atoms with E-state index in [0.29, 0.717) is 25.3 Å². The summed E-state index contributed by atoms with van der Waals surface area (Å²) >= 11 is 0. The minimum absolute atomic E-state index is 0.264. The van der Waals surface area contributed by atoms with Crippen molar-refractivity contribution in [2.75, 3.05) is 19.6 Å². The number of aliphatic hydroxyl groups is 2. The van der Waals surface area contributed by atoms with Gasteiger partial charge >= 0.3 is 0 Å². The third-order valence-electron chi connectivity index (χ3n) is 4.73. The predicted octanol–water partition coefficient (Wildman–Crippen LogP) is -0.120. The van der Waals surface area contributed by atoms with Gasteiger partial charge in [-0.2, -0.15) is 5.10 Å². The van der Waals surface area contributed by atoms with Crippen molar-refractivity contribution in [3.8, 4) is 0 Å².